The molecule has 0 bridgehead atoms. The minimum atomic E-state index is -0.427. The van der Waals surface area contributed by atoms with E-state index in [-0.39, 0.29) is 11.7 Å². The third-order valence-corrected chi connectivity index (χ3v) is 2.91. The molecule has 18 heavy (non-hydrogen) atoms. The summed E-state index contributed by atoms with van der Waals surface area (Å²) in [5.41, 5.74) is 12.3. The number of hydrogen-bond acceptors (Lipinski definition) is 3. The maximum Gasteiger partial charge on any atom is 0.248 e. The zero-order chi connectivity index (χ0) is 13.5. The Morgan fingerprint density at radius 2 is 1.83 bits per heavy atom. The number of hydrogen-bond donors (Lipinski definition) is 2. The van der Waals surface area contributed by atoms with Crippen molar-refractivity contribution in [2.45, 2.75) is 26.2 Å². The molecule has 1 unspecified atom stereocenters. The number of carbonyl (C=O) groups is 2. The number of amides is 1. The summed E-state index contributed by atoms with van der Waals surface area (Å²) in [4.78, 5) is 22.1. The van der Waals surface area contributed by atoms with Crippen LogP contribution in [0, 0.1) is 5.92 Å². The molecule has 0 aliphatic heterocycles. The smallest absolute Gasteiger partial charge is 0.248 e. The molecule has 1 atom stereocenters. The molecule has 0 fully saturated rings. The number of benzene rings is 1. The van der Waals surface area contributed by atoms with Crippen molar-refractivity contribution in [2.75, 3.05) is 6.54 Å². The van der Waals surface area contributed by atoms with Gasteiger partial charge in [0, 0.05) is 12.0 Å². The maximum absolute atomic E-state index is 11.2. The van der Waals surface area contributed by atoms with Gasteiger partial charge < -0.3 is 16.3 Å². The summed E-state index contributed by atoms with van der Waals surface area (Å²) in [7, 11) is 0. The summed E-state index contributed by atoms with van der Waals surface area (Å²) in [5, 5.41) is 0. The summed E-state index contributed by atoms with van der Waals surface area (Å²) in [6.45, 7) is 2.18. The Morgan fingerprint density at radius 1 is 1.22 bits per heavy atom. The van der Waals surface area contributed by atoms with Crippen LogP contribution in [0.4, 0.5) is 0 Å². The zero-order valence-electron chi connectivity index (χ0n) is 10.7. The first kappa shape index (κ1) is 14.4. The van der Waals surface area contributed by atoms with Crippen LogP contribution in [0.5, 0.6) is 0 Å². The van der Waals surface area contributed by atoms with E-state index in [2.05, 4.69) is 0 Å². The lowest BCUT2D eigenvalue weighted by Gasteiger charge is -2.14. The Kier molecular flexibility index (Phi) is 5.52. The number of nitrogens with two attached hydrogens (primary N) is 2. The molecular weight excluding hydrogens is 228 g/mol. The predicted molar refractivity (Wildman–Crippen MR) is 71.1 cm³/mol. The zero-order valence-corrected chi connectivity index (χ0v) is 10.7. The molecule has 0 saturated heterocycles. The van der Waals surface area contributed by atoms with E-state index in [4.69, 9.17) is 11.5 Å². The van der Waals surface area contributed by atoms with Gasteiger partial charge in [-0.1, -0.05) is 12.1 Å². The van der Waals surface area contributed by atoms with E-state index < -0.39 is 5.91 Å². The van der Waals surface area contributed by atoms with E-state index in [9.17, 15) is 9.59 Å². The Hall–Kier alpha value is -1.68. The fourth-order valence-electron chi connectivity index (χ4n) is 2.06. The SMILES string of the molecule is CC(=O)CC(CCN)Cc1ccc(C(N)=O)cc1. The lowest BCUT2D eigenvalue weighted by atomic mass is 9.91. The average molecular weight is 248 g/mol. The molecule has 1 aromatic rings. The molecule has 0 saturated carbocycles. The Labute approximate surface area is 107 Å². The van der Waals surface area contributed by atoms with Crippen LogP contribution >= 0.6 is 0 Å². The minimum Gasteiger partial charge on any atom is -0.366 e. The van der Waals surface area contributed by atoms with Crippen molar-refractivity contribution in [1.82, 2.24) is 0 Å². The Bertz CT molecular complexity index is 412. The van der Waals surface area contributed by atoms with Crippen LogP contribution in [-0.2, 0) is 11.2 Å². The van der Waals surface area contributed by atoms with Crippen LogP contribution in [0.3, 0.4) is 0 Å². The van der Waals surface area contributed by atoms with E-state index in [0.29, 0.717) is 18.5 Å². The predicted octanol–water partition coefficient (Wildman–Crippen LogP) is 1.27. The Balaban J connectivity index is 2.68. The second kappa shape index (κ2) is 6.91. The maximum atomic E-state index is 11.2. The molecule has 0 aliphatic rings. The summed E-state index contributed by atoms with van der Waals surface area (Å²) >= 11 is 0. The molecule has 0 heterocycles. The molecule has 4 heteroatoms. The third kappa shape index (κ3) is 4.67. The molecule has 0 radical (unpaired) electrons. The quantitative estimate of drug-likeness (QED) is 0.762. The van der Waals surface area contributed by atoms with E-state index >= 15 is 0 Å². The van der Waals surface area contributed by atoms with E-state index in [1.807, 2.05) is 12.1 Å². The van der Waals surface area contributed by atoms with Gasteiger partial charge in [0.25, 0.3) is 0 Å². The highest BCUT2D eigenvalue weighted by atomic mass is 16.1. The summed E-state index contributed by atoms with van der Waals surface area (Å²) in [5.74, 6) is 0.0259. The van der Waals surface area contributed by atoms with Gasteiger partial charge in [-0.2, -0.15) is 0 Å². The van der Waals surface area contributed by atoms with Crippen molar-refractivity contribution in [3.8, 4) is 0 Å². The van der Waals surface area contributed by atoms with Crippen LogP contribution < -0.4 is 11.5 Å². The summed E-state index contributed by atoms with van der Waals surface area (Å²) in [6, 6.07) is 7.18. The summed E-state index contributed by atoms with van der Waals surface area (Å²) in [6.07, 6.45) is 2.18. The number of carbonyl (C=O) groups excluding carboxylic acids is 2. The fraction of sp³-hybridized carbons (Fsp3) is 0.429. The molecule has 4 nitrogen and oxygen atoms in total. The van der Waals surface area contributed by atoms with Gasteiger partial charge in [-0.25, -0.2) is 0 Å². The van der Waals surface area contributed by atoms with Crippen LogP contribution in [0.1, 0.15) is 35.7 Å². The third-order valence-electron chi connectivity index (χ3n) is 2.91. The van der Waals surface area contributed by atoms with Gasteiger partial charge in [-0.3, -0.25) is 4.79 Å². The van der Waals surface area contributed by atoms with Gasteiger partial charge in [0.15, 0.2) is 0 Å². The fourth-order valence-corrected chi connectivity index (χ4v) is 2.06. The lowest BCUT2D eigenvalue weighted by Crippen LogP contribution is -2.15. The number of ketones is 1. The standard InChI is InChI=1S/C14H20N2O2/c1-10(17)8-12(6-7-15)9-11-2-4-13(5-3-11)14(16)18/h2-5,12H,6-9,15H2,1H3,(H2,16,18). The first-order chi connectivity index (χ1) is 8.52. The molecule has 0 aliphatic carbocycles. The largest absolute Gasteiger partial charge is 0.366 e. The number of Topliss-reactive ketones (excluding diaryl/α,β-unsaturated/α-hetero) is 1. The molecule has 0 aromatic heterocycles. The van der Waals surface area contributed by atoms with Crippen LogP contribution in [0.25, 0.3) is 0 Å². The van der Waals surface area contributed by atoms with Crippen molar-refractivity contribution in [3.63, 3.8) is 0 Å². The van der Waals surface area contributed by atoms with Crippen molar-refractivity contribution in [3.05, 3.63) is 35.4 Å². The van der Waals surface area contributed by atoms with Gasteiger partial charge >= 0.3 is 0 Å². The first-order valence-electron chi connectivity index (χ1n) is 6.11. The van der Waals surface area contributed by atoms with Gasteiger partial charge in [0.2, 0.25) is 5.91 Å². The summed E-state index contributed by atoms with van der Waals surface area (Å²) < 4.78 is 0. The normalized spacial score (nSPS) is 12.1. The van der Waals surface area contributed by atoms with Crippen molar-refractivity contribution >= 4 is 11.7 Å². The monoisotopic (exact) mass is 248 g/mol. The number of rotatable bonds is 7. The molecule has 1 amide bonds. The van der Waals surface area contributed by atoms with Crippen LogP contribution in [-0.4, -0.2) is 18.2 Å². The molecule has 4 N–H and O–H groups in total. The van der Waals surface area contributed by atoms with E-state index in [0.717, 1.165) is 18.4 Å². The first-order valence-corrected chi connectivity index (χ1v) is 6.11. The highest BCUT2D eigenvalue weighted by Crippen LogP contribution is 2.16. The van der Waals surface area contributed by atoms with Crippen LogP contribution in [0.2, 0.25) is 0 Å². The topological polar surface area (TPSA) is 86.2 Å². The van der Waals surface area contributed by atoms with Gasteiger partial charge in [-0.15, -0.1) is 0 Å². The second-order valence-electron chi connectivity index (χ2n) is 4.61. The average Bonchev–Trinajstić information content (AvgIpc) is 2.29. The Morgan fingerprint density at radius 3 is 2.28 bits per heavy atom. The molecular formula is C14H20N2O2. The molecule has 1 rings (SSSR count). The number of primary amides is 1. The van der Waals surface area contributed by atoms with Crippen LogP contribution in [0.15, 0.2) is 24.3 Å². The van der Waals surface area contributed by atoms with Gasteiger partial charge in [0.05, 0.1) is 0 Å². The molecule has 1 aromatic carbocycles. The van der Waals surface area contributed by atoms with Crippen molar-refractivity contribution in [2.24, 2.45) is 17.4 Å². The highest BCUT2D eigenvalue weighted by molar-refractivity contribution is 5.92. The molecule has 0 spiro atoms. The minimum absolute atomic E-state index is 0.183. The van der Waals surface area contributed by atoms with Gasteiger partial charge in [0.1, 0.15) is 5.78 Å². The van der Waals surface area contributed by atoms with E-state index in [1.165, 1.54) is 0 Å². The second-order valence-corrected chi connectivity index (χ2v) is 4.61. The van der Waals surface area contributed by atoms with E-state index in [1.54, 1.807) is 19.1 Å². The highest BCUT2D eigenvalue weighted by Gasteiger charge is 2.11. The van der Waals surface area contributed by atoms with Crippen molar-refractivity contribution < 1.29 is 9.59 Å². The van der Waals surface area contributed by atoms with Crippen molar-refractivity contribution in [1.29, 1.82) is 0 Å². The molecule has 98 valence electrons. The van der Waals surface area contributed by atoms with Gasteiger partial charge in [-0.05, 0) is 49.9 Å². The lowest BCUT2D eigenvalue weighted by molar-refractivity contribution is -0.117.